The van der Waals surface area contributed by atoms with Gasteiger partial charge < -0.3 is 9.94 Å². The lowest BCUT2D eigenvalue weighted by atomic mass is 10.5. The Hall–Kier alpha value is -0.960. The van der Waals surface area contributed by atoms with Gasteiger partial charge in [0.2, 0.25) is 6.20 Å². The van der Waals surface area contributed by atoms with Crippen molar-refractivity contribution in [3.8, 4) is 5.75 Å². The van der Waals surface area contributed by atoms with Gasteiger partial charge in [0.1, 0.15) is 0 Å². The number of pyridine rings is 1. The lowest BCUT2D eigenvalue weighted by Gasteiger charge is -2.02. The van der Waals surface area contributed by atoms with Crippen LogP contribution in [0.1, 0.15) is 6.92 Å². The summed E-state index contributed by atoms with van der Waals surface area (Å²) in [6, 6.07) is 3.15. The summed E-state index contributed by atoms with van der Waals surface area (Å²) in [5.41, 5.74) is 0. The average Bonchev–Trinajstić information content (AvgIpc) is 1.98. The normalized spacial score (nSPS) is 9.64. The van der Waals surface area contributed by atoms with Crippen LogP contribution in [0.2, 0.25) is 5.15 Å². The third kappa shape index (κ3) is 1.98. The first kappa shape index (κ1) is 8.14. The first-order chi connectivity index (χ1) is 5.24. The summed E-state index contributed by atoms with van der Waals surface area (Å²) in [5, 5.41) is 11.0. The molecule has 60 valence electrons. The second kappa shape index (κ2) is 3.44. The molecule has 0 radical (unpaired) electrons. The minimum atomic E-state index is 0.147. The minimum Gasteiger partial charge on any atom is -0.618 e. The molecule has 0 fully saturated rings. The number of aromatic nitrogens is 1. The average molecular weight is 174 g/mol. The maximum Gasteiger partial charge on any atom is 0.286 e. The van der Waals surface area contributed by atoms with Crippen LogP contribution in [0.4, 0.5) is 0 Å². The maximum atomic E-state index is 10.8. The van der Waals surface area contributed by atoms with Crippen molar-refractivity contribution in [2.45, 2.75) is 6.92 Å². The van der Waals surface area contributed by atoms with Crippen LogP contribution in [0, 0.1) is 5.21 Å². The van der Waals surface area contributed by atoms with Crippen LogP contribution in [0.5, 0.6) is 5.75 Å². The van der Waals surface area contributed by atoms with Crippen LogP contribution in [0.25, 0.3) is 0 Å². The Morgan fingerprint density at radius 1 is 1.64 bits per heavy atom. The number of nitrogens with zero attached hydrogens (tertiary/aromatic N) is 1. The van der Waals surface area contributed by atoms with E-state index < -0.39 is 0 Å². The summed E-state index contributed by atoms with van der Waals surface area (Å²) >= 11 is 5.48. The Bertz CT molecular complexity index is 252. The smallest absolute Gasteiger partial charge is 0.286 e. The fourth-order valence-corrected chi connectivity index (χ4v) is 0.808. The summed E-state index contributed by atoms with van der Waals surface area (Å²) in [6.07, 6.45) is 1.30. The first-order valence-electron chi connectivity index (χ1n) is 3.25. The molecule has 0 aliphatic rings. The number of halogens is 1. The van der Waals surface area contributed by atoms with Gasteiger partial charge in [0, 0.05) is 6.07 Å². The van der Waals surface area contributed by atoms with Crippen molar-refractivity contribution in [2.24, 2.45) is 0 Å². The van der Waals surface area contributed by atoms with Gasteiger partial charge in [-0.3, -0.25) is 0 Å². The molecule has 1 aromatic heterocycles. The fraction of sp³-hybridized carbons (Fsp3) is 0.286. The molecular formula is C7H8ClNO2. The van der Waals surface area contributed by atoms with Gasteiger partial charge in [0.15, 0.2) is 5.75 Å². The summed E-state index contributed by atoms with van der Waals surface area (Å²) < 4.78 is 5.62. The van der Waals surface area contributed by atoms with E-state index in [1.165, 1.54) is 12.3 Å². The van der Waals surface area contributed by atoms with Crippen molar-refractivity contribution in [3.63, 3.8) is 0 Å². The fourth-order valence-electron chi connectivity index (χ4n) is 0.697. The summed E-state index contributed by atoms with van der Waals surface area (Å²) in [5.74, 6) is 0.534. The van der Waals surface area contributed by atoms with Gasteiger partial charge in [0.05, 0.1) is 6.61 Å². The van der Waals surface area contributed by atoms with E-state index in [4.69, 9.17) is 16.3 Å². The monoisotopic (exact) mass is 173 g/mol. The third-order valence-corrected chi connectivity index (χ3v) is 1.44. The van der Waals surface area contributed by atoms with E-state index >= 15 is 0 Å². The molecular weight excluding hydrogens is 166 g/mol. The molecule has 1 heterocycles. The van der Waals surface area contributed by atoms with E-state index in [2.05, 4.69) is 0 Å². The zero-order valence-corrected chi connectivity index (χ0v) is 6.84. The summed E-state index contributed by atoms with van der Waals surface area (Å²) in [6.45, 7) is 2.39. The van der Waals surface area contributed by atoms with Crippen molar-refractivity contribution < 1.29 is 9.47 Å². The Kier molecular flexibility index (Phi) is 2.54. The molecule has 3 nitrogen and oxygen atoms in total. The quantitative estimate of drug-likeness (QED) is 0.385. The molecule has 0 aromatic carbocycles. The van der Waals surface area contributed by atoms with E-state index in [1.807, 2.05) is 6.92 Å². The zero-order chi connectivity index (χ0) is 8.27. The molecule has 1 aromatic rings. The first-order valence-corrected chi connectivity index (χ1v) is 3.63. The predicted octanol–water partition coefficient (Wildman–Crippen LogP) is 1.37. The number of hydrogen-bond acceptors (Lipinski definition) is 2. The molecule has 0 amide bonds. The molecule has 0 atom stereocenters. The molecule has 4 heteroatoms. The van der Waals surface area contributed by atoms with Crippen molar-refractivity contribution >= 4 is 11.6 Å². The van der Waals surface area contributed by atoms with E-state index in [0.717, 1.165) is 0 Å². The van der Waals surface area contributed by atoms with E-state index in [9.17, 15) is 5.21 Å². The van der Waals surface area contributed by atoms with Gasteiger partial charge in [-0.25, -0.2) is 0 Å². The van der Waals surface area contributed by atoms with Crippen molar-refractivity contribution in [3.05, 3.63) is 28.7 Å². The Labute approximate surface area is 69.8 Å². The van der Waals surface area contributed by atoms with Crippen LogP contribution >= 0.6 is 11.6 Å². The highest BCUT2D eigenvalue weighted by molar-refractivity contribution is 6.28. The maximum absolute atomic E-state index is 10.8. The molecule has 0 aliphatic carbocycles. The zero-order valence-electron chi connectivity index (χ0n) is 6.08. The van der Waals surface area contributed by atoms with E-state index in [-0.39, 0.29) is 5.15 Å². The minimum absolute atomic E-state index is 0.147. The molecule has 0 saturated carbocycles. The third-order valence-electron chi connectivity index (χ3n) is 1.15. The Morgan fingerprint density at radius 2 is 2.36 bits per heavy atom. The lowest BCUT2D eigenvalue weighted by Crippen LogP contribution is -2.26. The van der Waals surface area contributed by atoms with Crippen LogP contribution in [-0.2, 0) is 0 Å². The number of ether oxygens (including phenoxy) is 1. The molecule has 0 saturated heterocycles. The summed E-state index contributed by atoms with van der Waals surface area (Å²) in [4.78, 5) is 0. The largest absolute Gasteiger partial charge is 0.618 e. The van der Waals surface area contributed by atoms with Gasteiger partial charge in [-0.1, -0.05) is 0 Å². The summed E-state index contributed by atoms with van der Waals surface area (Å²) in [7, 11) is 0. The van der Waals surface area contributed by atoms with Crippen molar-refractivity contribution in [1.82, 2.24) is 0 Å². The predicted molar refractivity (Wildman–Crippen MR) is 41.6 cm³/mol. The lowest BCUT2D eigenvalue weighted by molar-refractivity contribution is -0.603. The SMILES string of the molecule is CCOc1ccc(Cl)[n+]([O-])c1. The molecule has 0 spiro atoms. The van der Waals surface area contributed by atoms with Crippen LogP contribution in [0.3, 0.4) is 0 Å². The number of hydrogen-bond donors (Lipinski definition) is 0. The molecule has 0 bridgehead atoms. The Morgan fingerprint density at radius 3 is 2.91 bits per heavy atom. The Balaban J connectivity index is 2.86. The van der Waals surface area contributed by atoms with Crippen LogP contribution in [-0.4, -0.2) is 6.61 Å². The van der Waals surface area contributed by atoms with Gasteiger partial charge in [0.25, 0.3) is 5.15 Å². The van der Waals surface area contributed by atoms with Crippen LogP contribution < -0.4 is 9.47 Å². The highest BCUT2D eigenvalue weighted by Gasteiger charge is 2.02. The topological polar surface area (TPSA) is 36.2 Å². The van der Waals surface area contributed by atoms with Gasteiger partial charge in [-0.15, -0.1) is 0 Å². The van der Waals surface area contributed by atoms with Gasteiger partial charge in [-0.2, -0.15) is 4.73 Å². The van der Waals surface area contributed by atoms with Gasteiger partial charge >= 0.3 is 0 Å². The molecule has 1 rings (SSSR count). The molecule has 0 unspecified atom stereocenters. The molecule has 11 heavy (non-hydrogen) atoms. The van der Waals surface area contributed by atoms with Crippen molar-refractivity contribution in [1.29, 1.82) is 0 Å². The van der Waals surface area contributed by atoms with Crippen LogP contribution in [0.15, 0.2) is 18.3 Å². The number of rotatable bonds is 2. The second-order valence-corrected chi connectivity index (χ2v) is 2.33. The highest BCUT2D eigenvalue weighted by Crippen LogP contribution is 2.09. The standard InChI is InChI=1S/C7H8ClNO2/c1-2-11-6-3-4-7(8)9(10)5-6/h3-5H,2H2,1H3. The molecule has 0 N–H and O–H groups in total. The van der Waals surface area contributed by atoms with Crippen molar-refractivity contribution in [2.75, 3.05) is 6.61 Å². The molecule has 0 aliphatic heterocycles. The highest BCUT2D eigenvalue weighted by atomic mass is 35.5. The van der Waals surface area contributed by atoms with E-state index in [0.29, 0.717) is 17.1 Å². The van der Waals surface area contributed by atoms with E-state index in [1.54, 1.807) is 6.07 Å². The van der Waals surface area contributed by atoms with Gasteiger partial charge in [-0.05, 0) is 24.6 Å². The second-order valence-electron chi connectivity index (χ2n) is 1.95.